The van der Waals surface area contributed by atoms with Crippen molar-refractivity contribution in [1.82, 2.24) is 0 Å². The number of anilines is 2. The highest BCUT2D eigenvalue weighted by atomic mass is 16.3. The van der Waals surface area contributed by atoms with E-state index in [9.17, 15) is 0 Å². The number of para-hydroxylation sites is 1. The Kier molecular flexibility index (Phi) is 4.95. The molecule has 0 aromatic heterocycles. The van der Waals surface area contributed by atoms with E-state index >= 15 is 0 Å². The van der Waals surface area contributed by atoms with Crippen molar-refractivity contribution >= 4 is 11.4 Å². The fourth-order valence-corrected chi connectivity index (χ4v) is 1.89. The SMILES string of the molecule is NC(CO)CCc1ccc(Nc2ccccc2)cc1. The van der Waals surface area contributed by atoms with Crippen molar-refractivity contribution < 1.29 is 5.11 Å². The quantitative estimate of drug-likeness (QED) is 0.744. The first-order chi connectivity index (χ1) is 9.28. The first kappa shape index (κ1) is 13.6. The molecular weight excluding hydrogens is 236 g/mol. The zero-order valence-corrected chi connectivity index (χ0v) is 10.9. The number of aliphatic hydroxyl groups excluding tert-OH is 1. The third-order valence-electron chi connectivity index (χ3n) is 3.05. The number of benzene rings is 2. The van der Waals surface area contributed by atoms with Crippen LogP contribution in [0.15, 0.2) is 54.6 Å². The van der Waals surface area contributed by atoms with Gasteiger partial charge in [-0.05, 0) is 42.7 Å². The summed E-state index contributed by atoms with van der Waals surface area (Å²) >= 11 is 0. The van der Waals surface area contributed by atoms with Gasteiger partial charge in [0.15, 0.2) is 0 Å². The number of aryl methyl sites for hydroxylation is 1. The van der Waals surface area contributed by atoms with Crippen LogP contribution in [0.3, 0.4) is 0 Å². The molecule has 2 rings (SSSR count). The van der Waals surface area contributed by atoms with Gasteiger partial charge in [0.05, 0.1) is 6.61 Å². The summed E-state index contributed by atoms with van der Waals surface area (Å²) in [5, 5.41) is 12.2. The molecule has 2 aromatic carbocycles. The van der Waals surface area contributed by atoms with E-state index in [1.54, 1.807) is 0 Å². The summed E-state index contributed by atoms with van der Waals surface area (Å²) in [6.45, 7) is 0.0493. The second-order valence-corrected chi connectivity index (χ2v) is 4.67. The summed E-state index contributed by atoms with van der Waals surface area (Å²) in [5.41, 5.74) is 9.08. The van der Waals surface area contributed by atoms with Crippen molar-refractivity contribution in [3.8, 4) is 0 Å². The van der Waals surface area contributed by atoms with Crippen LogP contribution in [0.5, 0.6) is 0 Å². The second-order valence-electron chi connectivity index (χ2n) is 4.67. The van der Waals surface area contributed by atoms with Gasteiger partial charge in [-0.15, -0.1) is 0 Å². The van der Waals surface area contributed by atoms with Crippen LogP contribution in [0.2, 0.25) is 0 Å². The van der Waals surface area contributed by atoms with Gasteiger partial charge in [-0.2, -0.15) is 0 Å². The maximum Gasteiger partial charge on any atom is 0.0582 e. The third-order valence-corrected chi connectivity index (χ3v) is 3.05. The van der Waals surface area contributed by atoms with E-state index in [-0.39, 0.29) is 12.6 Å². The minimum absolute atomic E-state index is 0.0493. The highest BCUT2D eigenvalue weighted by Crippen LogP contribution is 2.17. The summed E-state index contributed by atoms with van der Waals surface area (Å²) in [4.78, 5) is 0. The molecule has 0 fully saturated rings. The number of hydrogen-bond acceptors (Lipinski definition) is 3. The smallest absolute Gasteiger partial charge is 0.0582 e. The Morgan fingerprint density at radius 1 is 0.947 bits per heavy atom. The number of aliphatic hydroxyl groups is 1. The molecule has 0 saturated carbocycles. The maximum absolute atomic E-state index is 8.89. The Morgan fingerprint density at radius 2 is 1.58 bits per heavy atom. The van der Waals surface area contributed by atoms with Crippen LogP contribution in [0.4, 0.5) is 11.4 Å². The highest BCUT2D eigenvalue weighted by Gasteiger charge is 2.01. The van der Waals surface area contributed by atoms with Gasteiger partial charge < -0.3 is 16.2 Å². The van der Waals surface area contributed by atoms with Gasteiger partial charge in [0, 0.05) is 17.4 Å². The topological polar surface area (TPSA) is 58.3 Å². The molecule has 0 aliphatic rings. The van der Waals surface area contributed by atoms with Crippen LogP contribution < -0.4 is 11.1 Å². The molecule has 100 valence electrons. The Morgan fingerprint density at radius 3 is 2.21 bits per heavy atom. The standard InChI is InChI=1S/C16H20N2O/c17-14(12-19)9-6-13-7-10-16(11-8-13)18-15-4-2-1-3-5-15/h1-5,7-8,10-11,14,18-19H,6,9,12,17H2. The van der Waals surface area contributed by atoms with Crippen LogP contribution >= 0.6 is 0 Å². The summed E-state index contributed by atoms with van der Waals surface area (Å²) in [7, 11) is 0. The normalized spacial score (nSPS) is 12.1. The number of nitrogens with two attached hydrogens (primary N) is 1. The molecule has 19 heavy (non-hydrogen) atoms. The molecule has 0 spiro atoms. The Balaban J connectivity index is 1.91. The molecule has 4 N–H and O–H groups in total. The summed E-state index contributed by atoms with van der Waals surface area (Å²) in [6, 6.07) is 18.3. The average Bonchev–Trinajstić information content (AvgIpc) is 2.47. The molecular formula is C16H20N2O. The van der Waals surface area contributed by atoms with E-state index < -0.39 is 0 Å². The lowest BCUT2D eigenvalue weighted by atomic mass is 10.1. The molecule has 2 aromatic rings. The Hall–Kier alpha value is -1.84. The maximum atomic E-state index is 8.89. The summed E-state index contributed by atoms with van der Waals surface area (Å²) in [5.74, 6) is 0. The van der Waals surface area contributed by atoms with Crippen LogP contribution in [-0.4, -0.2) is 17.8 Å². The van der Waals surface area contributed by atoms with Crippen molar-refractivity contribution in [2.24, 2.45) is 5.73 Å². The molecule has 1 atom stereocenters. The minimum atomic E-state index is -0.123. The average molecular weight is 256 g/mol. The van der Waals surface area contributed by atoms with Gasteiger partial charge in [-0.25, -0.2) is 0 Å². The molecule has 0 saturated heterocycles. The van der Waals surface area contributed by atoms with E-state index in [1.807, 2.05) is 30.3 Å². The van der Waals surface area contributed by atoms with Crippen molar-refractivity contribution in [2.45, 2.75) is 18.9 Å². The lowest BCUT2D eigenvalue weighted by molar-refractivity contribution is 0.260. The van der Waals surface area contributed by atoms with Gasteiger partial charge >= 0.3 is 0 Å². The molecule has 0 aliphatic carbocycles. The first-order valence-corrected chi connectivity index (χ1v) is 6.55. The largest absolute Gasteiger partial charge is 0.395 e. The lowest BCUT2D eigenvalue weighted by Gasteiger charge is -2.09. The number of rotatable bonds is 6. The van der Waals surface area contributed by atoms with Crippen LogP contribution in [0.1, 0.15) is 12.0 Å². The van der Waals surface area contributed by atoms with Crippen molar-refractivity contribution in [1.29, 1.82) is 0 Å². The third kappa shape index (κ3) is 4.39. The van der Waals surface area contributed by atoms with E-state index in [4.69, 9.17) is 10.8 Å². The predicted octanol–water partition coefficient (Wildman–Crippen LogP) is 2.68. The molecule has 0 heterocycles. The van der Waals surface area contributed by atoms with E-state index in [2.05, 4.69) is 29.6 Å². The molecule has 0 aliphatic heterocycles. The minimum Gasteiger partial charge on any atom is -0.395 e. The van der Waals surface area contributed by atoms with Gasteiger partial charge in [0.2, 0.25) is 0 Å². The zero-order chi connectivity index (χ0) is 13.5. The van der Waals surface area contributed by atoms with Gasteiger partial charge in [-0.3, -0.25) is 0 Å². The molecule has 0 bridgehead atoms. The van der Waals surface area contributed by atoms with Gasteiger partial charge in [0.25, 0.3) is 0 Å². The van der Waals surface area contributed by atoms with E-state index in [0.717, 1.165) is 24.2 Å². The second kappa shape index (κ2) is 6.92. The monoisotopic (exact) mass is 256 g/mol. The van der Waals surface area contributed by atoms with Gasteiger partial charge in [-0.1, -0.05) is 30.3 Å². The highest BCUT2D eigenvalue weighted by molar-refractivity contribution is 5.59. The molecule has 1 unspecified atom stereocenters. The van der Waals surface area contributed by atoms with Crippen LogP contribution in [0.25, 0.3) is 0 Å². The van der Waals surface area contributed by atoms with Crippen molar-refractivity contribution in [3.63, 3.8) is 0 Å². The van der Waals surface area contributed by atoms with Crippen LogP contribution in [-0.2, 0) is 6.42 Å². The first-order valence-electron chi connectivity index (χ1n) is 6.55. The number of hydrogen-bond donors (Lipinski definition) is 3. The van der Waals surface area contributed by atoms with Gasteiger partial charge in [0.1, 0.15) is 0 Å². The van der Waals surface area contributed by atoms with E-state index in [1.165, 1.54) is 5.56 Å². The zero-order valence-electron chi connectivity index (χ0n) is 10.9. The van der Waals surface area contributed by atoms with Crippen LogP contribution in [0, 0.1) is 0 Å². The summed E-state index contributed by atoms with van der Waals surface area (Å²) in [6.07, 6.45) is 1.70. The molecule has 3 heteroatoms. The molecule has 0 amide bonds. The molecule has 3 nitrogen and oxygen atoms in total. The van der Waals surface area contributed by atoms with Crippen molar-refractivity contribution in [2.75, 3.05) is 11.9 Å². The predicted molar refractivity (Wildman–Crippen MR) is 79.5 cm³/mol. The fourth-order valence-electron chi connectivity index (χ4n) is 1.89. The van der Waals surface area contributed by atoms with E-state index in [0.29, 0.717) is 0 Å². The summed E-state index contributed by atoms with van der Waals surface area (Å²) < 4.78 is 0. The van der Waals surface area contributed by atoms with Crippen molar-refractivity contribution in [3.05, 3.63) is 60.2 Å². The Bertz CT molecular complexity index is 482. The number of nitrogens with one attached hydrogen (secondary N) is 1. The Labute approximate surface area is 114 Å². The molecule has 0 radical (unpaired) electrons. The lowest BCUT2D eigenvalue weighted by Crippen LogP contribution is -2.24. The fraction of sp³-hybridized carbons (Fsp3) is 0.250.